The standard InChI is InChI=1S/C20H26ClN7O/c1-27-12-13(11-22-27)17-16-18(23-14-7-3-2-4-8-14)24-20(21)25-19(16)28(26-17)15-9-5-6-10-29-15/h11-12,14-15H,2-10H2,1H3,(H,23,24,25). The average Bonchev–Trinajstić information content (AvgIpc) is 3.33. The summed E-state index contributed by atoms with van der Waals surface area (Å²) in [6.45, 7) is 0.736. The molecule has 1 aliphatic carbocycles. The van der Waals surface area contributed by atoms with Crippen molar-refractivity contribution in [2.45, 2.75) is 63.6 Å². The monoisotopic (exact) mass is 415 g/mol. The molecular formula is C20H26ClN7O. The molecule has 0 spiro atoms. The lowest BCUT2D eigenvalue weighted by atomic mass is 9.95. The van der Waals surface area contributed by atoms with Crippen molar-refractivity contribution < 1.29 is 4.74 Å². The Kier molecular flexibility index (Phi) is 5.13. The van der Waals surface area contributed by atoms with Crippen LogP contribution >= 0.6 is 11.6 Å². The van der Waals surface area contributed by atoms with Crippen LogP contribution in [0.3, 0.4) is 0 Å². The van der Waals surface area contributed by atoms with Crippen LogP contribution in [0, 0.1) is 0 Å². The number of aryl methyl sites for hydroxylation is 1. The number of halogens is 1. The van der Waals surface area contributed by atoms with E-state index in [1.54, 1.807) is 4.68 Å². The number of aromatic nitrogens is 6. The van der Waals surface area contributed by atoms with E-state index in [1.807, 2.05) is 24.1 Å². The number of ether oxygens (including phenoxy) is 1. The second-order valence-corrected chi connectivity index (χ2v) is 8.37. The second-order valence-electron chi connectivity index (χ2n) is 8.04. The lowest BCUT2D eigenvalue weighted by Crippen LogP contribution is -2.23. The van der Waals surface area contributed by atoms with E-state index in [2.05, 4.69) is 20.4 Å². The Morgan fingerprint density at radius 3 is 2.66 bits per heavy atom. The van der Waals surface area contributed by atoms with Gasteiger partial charge in [0.05, 0.1) is 11.6 Å². The molecule has 3 aromatic heterocycles. The summed E-state index contributed by atoms with van der Waals surface area (Å²) in [5.41, 5.74) is 2.47. The molecule has 1 saturated carbocycles. The molecule has 1 unspecified atom stereocenters. The van der Waals surface area contributed by atoms with Gasteiger partial charge in [-0.2, -0.15) is 20.2 Å². The molecule has 8 nitrogen and oxygen atoms in total. The molecule has 4 heterocycles. The number of fused-ring (bicyclic) bond motifs is 1. The average molecular weight is 416 g/mol. The first-order valence-corrected chi connectivity index (χ1v) is 10.9. The molecule has 0 radical (unpaired) electrons. The van der Waals surface area contributed by atoms with Gasteiger partial charge in [-0.1, -0.05) is 19.3 Å². The maximum absolute atomic E-state index is 6.35. The minimum absolute atomic E-state index is 0.134. The van der Waals surface area contributed by atoms with Gasteiger partial charge in [-0.15, -0.1) is 0 Å². The summed E-state index contributed by atoms with van der Waals surface area (Å²) < 4.78 is 9.68. The molecule has 1 aliphatic heterocycles. The first-order valence-electron chi connectivity index (χ1n) is 10.5. The number of nitrogens with zero attached hydrogens (tertiary/aromatic N) is 6. The van der Waals surface area contributed by atoms with Crippen molar-refractivity contribution in [3.05, 3.63) is 17.7 Å². The Hall–Kier alpha value is -2.19. The van der Waals surface area contributed by atoms with Crippen LogP contribution in [0.5, 0.6) is 0 Å². The quantitative estimate of drug-likeness (QED) is 0.639. The number of nitrogens with one attached hydrogen (secondary N) is 1. The van der Waals surface area contributed by atoms with Crippen LogP contribution in [0.15, 0.2) is 12.4 Å². The summed E-state index contributed by atoms with van der Waals surface area (Å²) in [4.78, 5) is 9.13. The van der Waals surface area contributed by atoms with Gasteiger partial charge in [0.15, 0.2) is 11.9 Å². The summed E-state index contributed by atoms with van der Waals surface area (Å²) in [5.74, 6) is 0.757. The highest BCUT2D eigenvalue weighted by atomic mass is 35.5. The van der Waals surface area contributed by atoms with Gasteiger partial charge in [0, 0.05) is 31.5 Å². The third-order valence-corrected chi connectivity index (χ3v) is 6.05. The topological polar surface area (TPSA) is 82.7 Å². The third-order valence-electron chi connectivity index (χ3n) is 5.88. The summed E-state index contributed by atoms with van der Waals surface area (Å²) in [7, 11) is 1.90. The van der Waals surface area contributed by atoms with Gasteiger partial charge in [0.25, 0.3) is 0 Å². The Labute approximate surface area is 174 Å². The Morgan fingerprint density at radius 2 is 1.93 bits per heavy atom. The lowest BCUT2D eigenvalue weighted by molar-refractivity contribution is -0.0368. The Bertz CT molecular complexity index is 1000. The normalized spacial score (nSPS) is 21.0. The van der Waals surface area contributed by atoms with E-state index in [-0.39, 0.29) is 11.5 Å². The highest BCUT2D eigenvalue weighted by molar-refractivity contribution is 6.29. The predicted molar refractivity (Wildman–Crippen MR) is 112 cm³/mol. The van der Waals surface area contributed by atoms with Crippen molar-refractivity contribution in [2.75, 3.05) is 11.9 Å². The zero-order valence-corrected chi connectivity index (χ0v) is 17.4. The summed E-state index contributed by atoms with van der Waals surface area (Å²) in [6, 6.07) is 0.397. The lowest BCUT2D eigenvalue weighted by Gasteiger charge is -2.24. The Balaban J connectivity index is 1.66. The molecule has 0 aromatic carbocycles. The number of hydrogen-bond acceptors (Lipinski definition) is 6. The third kappa shape index (κ3) is 3.71. The maximum atomic E-state index is 6.35. The highest BCUT2D eigenvalue weighted by Gasteiger charge is 2.27. The van der Waals surface area contributed by atoms with Crippen LogP contribution < -0.4 is 5.32 Å². The molecule has 2 fully saturated rings. The molecule has 29 heavy (non-hydrogen) atoms. The molecule has 2 aliphatic rings. The first kappa shape index (κ1) is 18.8. The van der Waals surface area contributed by atoms with Crippen molar-refractivity contribution in [2.24, 2.45) is 7.05 Å². The summed E-state index contributed by atoms with van der Waals surface area (Å²) >= 11 is 6.35. The van der Waals surface area contributed by atoms with Crippen molar-refractivity contribution in [3.63, 3.8) is 0 Å². The molecule has 3 aromatic rings. The van der Waals surface area contributed by atoms with Gasteiger partial charge < -0.3 is 10.1 Å². The molecule has 0 amide bonds. The van der Waals surface area contributed by atoms with E-state index in [9.17, 15) is 0 Å². The van der Waals surface area contributed by atoms with Gasteiger partial charge in [-0.25, -0.2) is 4.68 Å². The summed E-state index contributed by atoms with van der Waals surface area (Å²) in [6.07, 6.45) is 12.8. The SMILES string of the molecule is Cn1cc(-c2nn(C3CCCCO3)c3nc(Cl)nc(NC4CCCCC4)c23)cn1. The molecule has 154 valence electrons. The molecule has 9 heteroatoms. The first-order chi connectivity index (χ1) is 14.2. The van der Waals surface area contributed by atoms with Gasteiger partial charge >= 0.3 is 0 Å². The van der Waals surface area contributed by atoms with Gasteiger partial charge in [-0.05, 0) is 43.7 Å². The molecule has 1 saturated heterocycles. The fourth-order valence-corrected chi connectivity index (χ4v) is 4.58. The highest BCUT2D eigenvalue weighted by Crippen LogP contribution is 2.36. The van der Waals surface area contributed by atoms with Crippen molar-refractivity contribution in [1.82, 2.24) is 29.5 Å². The predicted octanol–water partition coefficient (Wildman–Crippen LogP) is 4.32. The summed E-state index contributed by atoms with van der Waals surface area (Å²) in [5, 5.41) is 14.0. The molecular weight excluding hydrogens is 390 g/mol. The molecule has 5 rings (SSSR count). The number of anilines is 1. The van der Waals surface area contributed by atoms with E-state index in [4.69, 9.17) is 21.4 Å². The fraction of sp³-hybridized carbons (Fsp3) is 0.600. The minimum Gasteiger partial charge on any atom is -0.367 e. The number of hydrogen-bond donors (Lipinski definition) is 1. The molecule has 0 bridgehead atoms. The molecule has 1 N–H and O–H groups in total. The van der Waals surface area contributed by atoms with Crippen molar-refractivity contribution >= 4 is 28.5 Å². The maximum Gasteiger partial charge on any atom is 0.226 e. The Morgan fingerprint density at radius 1 is 1.10 bits per heavy atom. The van der Waals surface area contributed by atoms with Gasteiger partial charge in [0.1, 0.15) is 11.5 Å². The van der Waals surface area contributed by atoms with E-state index in [0.29, 0.717) is 11.7 Å². The van der Waals surface area contributed by atoms with E-state index in [1.165, 1.54) is 19.3 Å². The van der Waals surface area contributed by atoms with Crippen LogP contribution in [0.4, 0.5) is 5.82 Å². The second kappa shape index (κ2) is 7.91. The van der Waals surface area contributed by atoms with Crippen LogP contribution in [0.2, 0.25) is 5.28 Å². The fourth-order valence-electron chi connectivity index (χ4n) is 4.42. The molecule has 1 atom stereocenters. The minimum atomic E-state index is -0.134. The van der Waals surface area contributed by atoms with Gasteiger partial charge in [-0.3, -0.25) is 4.68 Å². The van der Waals surface area contributed by atoms with Crippen LogP contribution in [-0.4, -0.2) is 42.2 Å². The number of rotatable bonds is 4. The van der Waals surface area contributed by atoms with Crippen LogP contribution in [-0.2, 0) is 11.8 Å². The largest absolute Gasteiger partial charge is 0.367 e. The van der Waals surface area contributed by atoms with Crippen molar-refractivity contribution in [1.29, 1.82) is 0 Å². The van der Waals surface area contributed by atoms with Crippen molar-refractivity contribution in [3.8, 4) is 11.3 Å². The van der Waals surface area contributed by atoms with Crippen LogP contribution in [0.25, 0.3) is 22.3 Å². The van der Waals surface area contributed by atoms with E-state index >= 15 is 0 Å². The van der Waals surface area contributed by atoms with Gasteiger partial charge in [0.2, 0.25) is 5.28 Å². The zero-order valence-electron chi connectivity index (χ0n) is 16.6. The smallest absolute Gasteiger partial charge is 0.226 e. The van der Waals surface area contributed by atoms with E-state index in [0.717, 1.165) is 61.2 Å². The van der Waals surface area contributed by atoms with E-state index < -0.39 is 0 Å². The van der Waals surface area contributed by atoms with Crippen LogP contribution in [0.1, 0.15) is 57.6 Å². The zero-order chi connectivity index (χ0) is 19.8.